The van der Waals surface area contributed by atoms with Crippen LogP contribution in [0.2, 0.25) is 0 Å². The van der Waals surface area contributed by atoms with Crippen LogP contribution < -0.4 is 4.90 Å². The zero-order valence-corrected chi connectivity index (χ0v) is 19.6. The van der Waals surface area contributed by atoms with Crippen molar-refractivity contribution in [2.24, 2.45) is 0 Å². The highest BCUT2D eigenvalue weighted by Crippen LogP contribution is 2.34. The normalized spacial score (nSPS) is 17.6. The van der Waals surface area contributed by atoms with Crippen LogP contribution in [0.3, 0.4) is 0 Å². The summed E-state index contributed by atoms with van der Waals surface area (Å²) < 4.78 is 2.37. The molecule has 0 spiro atoms. The summed E-state index contributed by atoms with van der Waals surface area (Å²) >= 11 is 1.56. The average Bonchev–Trinajstić information content (AvgIpc) is 3.11. The van der Waals surface area contributed by atoms with E-state index in [1.165, 1.54) is 49.9 Å². The fourth-order valence-corrected chi connectivity index (χ4v) is 5.75. The minimum absolute atomic E-state index is 0.0941. The number of aromatic nitrogens is 2. The number of imidazole rings is 1. The number of carbonyl (C=O) groups is 1. The number of carbonyl (C=O) groups excluding carboxylic acids is 1. The van der Waals surface area contributed by atoms with Crippen molar-refractivity contribution in [3.05, 3.63) is 45.8 Å². The number of hydrogen-bond donors (Lipinski definition) is 0. The van der Waals surface area contributed by atoms with Crippen LogP contribution in [0.15, 0.2) is 29.4 Å². The first-order chi connectivity index (χ1) is 15.4. The second-order valence-corrected chi connectivity index (χ2v) is 9.60. The highest BCUT2D eigenvalue weighted by atomic mass is 32.2. The van der Waals surface area contributed by atoms with Gasteiger partial charge in [0.2, 0.25) is 5.91 Å². The van der Waals surface area contributed by atoms with Crippen LogP contribution in [0.1, 0.15) is 49.5 Å². The van der Waals surface area contributed by atoms with Gasteiger partial charge in [-0.25, -0.2) is 4.98 Å². The van der Waals surface area contributed by atoms with Crippen LogP contribution in [0, 0.1) is 24.0 Å². The Labute approximate surface area is 193 Å². The van der Waals surface area contributed by atoms with Crippen LogP contribution in [0.25, 0.3) is 0 Å². The minimum Gasteiger partial charge on any atom is -0.368 e. The molecule has 2 fully saturated rings. The van der Waals surface area contributed by atoms with Crippen molar-refractivity contribution in [1.29, 1.82) is 0 Å². The molecule has 1 saturated carbocycles. The number of amides is 1. The number of thioether (sulfide) groups is 1. The molecule has 1 aromatic heterocycles. The number of nitrogens with zero attached hydrogens (tertiary/aromatic N) is 5. The molecule has 4 rings (SSSR count). The number of nitro groups is 1. The second kappa shape index (κ2) is 9.94. The first-order valence-electron chi connectivity index (χ1n) is 11.4. The maximum atomic E-state index is 12.9. The Balaban J connectivity index is 1.32. The third-order valence-corrected chi connectivity index (χ3v) is 7.61. The van der Waals surface area contributed by atoms with Gasteiger partial charge in [-0.3, -0.25) is 14.9 Å². The van der Waals surface area contributed by atoms with Crippen molar-refractivity contribution in [2.45, 2.75) is 57.1 Å². The van der Waals surface area contributed by atoms with Crippen molar-refractivity contribution in [3.63, 3.8) is 0 Å². The summed E-state index contributed by atoms with van der Waals surface area (Å²) in [4.78, 5) is 32.2. The monoisotopic (exact) mass is 457 g/mol. The largest absolute Gasteiger partial charge is 0.368 e. The van der Waals surface area contributed by atoms with Crippen molar-refractivity contribution in [3.8, 4) is 0 Å². The summed E-state index contributed by atoms with van der Waals surface area (Å²) in [5, 5.41) is 11.8. The molecule has 1 aliphatic heterocycles. The van der Waals surface area contributed by atoms with Crippen molar-refractivity contribution in [1.82, 2.24) is 14.5 Å². The summed E-state index contributed by atoms with van der Waals surface area (Å²) in [6, 6.07) is 7.12. The van der Waals surface area contributed by atoms with Gasteiger partial charge in [0.1, 0.15) is 0 Å². The van der Waals surface area contributed by atoms with E-state index in [0.717, 1.165) is 29.6 Å². The molecule has 2 aromatic rings. The quantitative estimate of drug-likeness (QED) is 0.364. The van der Waals surface area contributed by atoms with Gasteiger partial charge in [-0.2, -0.15) is 0 Å². The Kier molecular flexibility index (Phi) is 7.03. The zero-order chi connectivity index (χ0) is 22.7. The van der Waals surface area contributed by atoms with Gasteiger partial charge >= 0.3 is 0 Å². The molecule has 1 amide bonds. The van der Waals surface area contributed by atoms with Crippen molar-refractivity contribution in [2.75, 3.05) is 36.8 Å². The lowest BCUT2D eigenvalue weighted by atomic mass is 9.95. The molecule has 0 atom stereocenters. The van der Waals surface area contributed by atoms with E-state index in [9.17, 15) is 14.9 Å². The SMILES string of the molecule is Cc1nc(SCC(=O)N2CCN(c3ccc([N+](=O)[O-])cc3)CC2)n(C2CCCCC2)c1C. The Morgan fingerprint density at radius 3 is 2.38 bits per heavy atom. The predicted molar refractivity (Wildman–Crippen MR) is 126 cm³/mol. The van der Waals surface area contributed by atoms with Gasteiger partial charge in [-0.05, 0) is 38.8 Å². The van der Waals surface area contributed by atoms with Crippen LogP contribution in [0.5, 0.6) is 0 Å². The number of hydrogen-bond acceptors (Lipinski definition) is 6. The molecule has 8 nitrogen and oxygen atoms in total. The highest BCUT2D eigenvalue weighted by Gasteiger charge is 2.25. The van der Waals surface area contributed by atoms with Crippen LogP contribution in [0.4, 0.5) is 11.4 Å². The van der Waals surface area contributed by atoms with Gasteiger partial charge in [0, 0.05) is 55.7 Å². The van der Waals surface area contributed by atoms with E-state index in [4.69, 9.17) is 4.98 Å². The van der Waals surface area contributed by atoms with E-state index in [2.05, 4.69) is 23.3 Å². The van der Waals surface area contributed by atoms with Gasteiger partial charge in [-0.15, -0.1) is 0 Å². The number of nitro benzene ring substituents is 1. The number of rotatable bonds is 6. The molecule has 0 unspecified atom stereocenters. The Morgan fingerprint density at radius 2 is 1.75 bits per heavy atom. The van der Waals surface area contributed by atoms with E-state index >= 15 is 0 Å². The molecule has 0 bridgehead atoms. The lowest BCUT2D eigenvalue weighted by molar-refractivity contribution is -0.384. The smallest absolute Gasteiger partial charge is 0.269 e. The summed E-state index contributed by atoms with van der Waals surface area (Å²) in [5.41, 5.74) is 3.33. The van der Waals surface area contributed by atoms with Gasteiger partial charge in [-0.1, -0.05) is 31.0 Å². The molecule has 2 heterocycles. The third kappa shape index (κ3) is 4.92. The topological polar surface area (TPSA) is 84.5 Å². The fourth-order valence-electron chi connectivity index (χ4n) is 4.68. The standard InChI is InChI=1S/C23H31N5O3S/c1-17-18(2)27(20-6-4-3-5-7-20)23(24-17)32-16-22(29)26-14-12-25(13-15-26)19-8-10-21(11-9-19)28(30)31/h8-11,20H,3-7,12-16H2,1-2H3. The third-order valence-electron chi connectivity index (χ3n) is 6.68. The minimum atomic E-state index is -0.388. The maximum absolute atomic E-state index is 12.9. The van der Waals surface area contributed by atoms with Gasteiger partial charge in [0.15, 0.2) is 5.16 Å². The predicted octanol–water partition coefficient (Wildman–Crippen LogP) is 4.35. The molecule has 0 radical (unpaired) electrons. The van der Waals surface area contributed by atoms with Gasteiger partial charge in [0.05, 0.1) is 16.4 Å². The van der Waals surface area contributed by atoms with Gasteiger partial charge < -0.3 is 14.4 Å². The first kappa shape index (κ1) is 22.6. The second-order valence-electron chi connectivity index (χ2n) is 8.66. The summed E-state index contributed by atoms with van der Waals surface area (Å²) in [5.74, 6) is 0.548. The van der Waals surface area contributed by atoms with Crippen molar-refractivity contribution < 1.29 is 9.72 Å². The Bertz CT molecular complexity index is 961. The number of piperazine rings is 1. The lowest BCUT2D eigenvalue weighted by Crippen LogP contribution is -2.49. The molecule has 172 valence electrons. The molecule has 0 N–H and O–H groups in total. The van der Waals surface area contributed by atoms with E-state index < -0.39 is 0 Å². The molecule has 1 saturated heterocycles. The Hall–Kier alpha value is -2.55. The fraction of sp³-hybridized carbons (Fsp3) is 0.565. The van der Waals surface area contributed by atoms with E-state index in [1.807, 2.05) is 4.90 Å². The van der Waals surface area contributed by atoms with Crippen LogP contribution in [-0.2, 0) is 4.79 Å². The maximum Gasteiger partial charge on any atom is 0.269 e. The summed E-state index contributed by atoms with van der Waals surface area (Å²) in [6.45, 7) is 6.96. The number of benzene rings is 1. The average molecular weight is 458 g/mol. The summed E-state index contributed by atoms with van der Waals surface area (Å²) in [6.07, 6.45) is 6.24. The lowest BCUT2D eigenvalue weighted by Gasteiger charge is -2.36. The van der Waals surface area contributed by atoms with Crippen molar-refractivity contribution >= 4 is 29.0 Å². The molecular formula is C23H31N5O3S. The van der Waals surface area contributed by atoms with Gasteiger partial charge in [0.25, 0.3) is 5.69 Å². The summed E-state index contributed by atoms with van der Waals surface area (Å²) in [7, 11) is 0. The number of aryl methyl sites for hydroxylation is 1. The molecule has 1 aromatic carbocycles. The van der Waals surface area contributed by atoms with E-state index in [1.54, 1.807) is 23.9 Å². The molecule has 32 heavy (non-hydrogen) atoms. The molecule has 2 aliphatic rings. The van der Waals surface area contributed by atoms with E-state index in [-0.39, 0.29) is 16.5 Å². The van der Waals surface area contributed by atoms with E-state index in [0.29, 0.717) is 24.9 Å². The van der Waals surface area contributed by atoms with Crippen LogP contribution >= 0.6 is 11.8 Å². The Morgan fingerprint density at radius 1 is 1.09 bits per heavy atom. The first-order valence-corrected chi connectivity index (χ1v) is 12.4. The van der Waals surface area contributed by atoms with Crippen LogP contribution in [-0.4, -0.2) is 57.2 Å². The zero-order valence-electron chi connectivity index (χ0n) is 18.8. The molecular weight excluding hydrogens is 426 g/mol. The number of anilines is 1. The molecule has 9 heteroatoms. The number of non-ortho nitro benzene ring substituents is 1. The highest BCUT2D eigenvalue weighted by molar-refractivity contribution is 7.99. The molecule has 1 aliphatic carbocycles.